The fourth-order valence-electron chi connectivity index (χ4n) is 3.28. The van der Waals surface area contributed by atoms with Crippen LogP contribution in [0.4, 0.5) is 37.0 Å². The summed E-state index contributed by atoms with van der Waals surface area (Å²) in [7, 11) is 0. The van der Waals surface area contributed by atoms with Crippen LogP contribution in [-0.2, 0) is 17.1 Å². The van der Waals surface area contributed by atoms with Gasteiger partial charge in [0.1, 0.15) is 10.6 Å². The molecule has 0 fully saturated rings. The fraction of sp³-hybridized carbons (Fsp3) is 0.217. The molecule has 0 aliphatic rings. The van der Waals surface area contributed by atoms with Crippen LogP contribution in [0.5, 0.6) is 0 Å². The fourth-order valence-corrected chi connectivity index (χ4v) is 4.63. The van der Waals surface area contributed by atoms with Crippen molar-refractivity contribution >= 4 is 45.3 Å². The number of hydrogen-bond donors (Lipinski definition) is 2. The number of hydrogen-bond acceptors (Lipinski definition) is 4. The van der Waals surface area contributed by atoms with E-state index < -0.39 is 35.1 Å². The van der Waals surface area contributed by atoms with Crippen molar-refractivity contribution in [1.29, 1.82) is 0 Å². The second kappa shape index (κ2) is 10.2. The van der Waals surface area contributed by atoms with Gasteiger partial charge in [-0.25, -0.2) is 4.79 Å². The summed E-state index contributed by atoms with van der Waals surface area (Å²) >= 11 is 6.29. The minimum absolute atomic E-state index is 0.0231. The average molecular weight is 533 g/mol. The van der Waals surface area contributed by atoms with Gasteiger partial charge >= 0.3 is 18.3 Å². The van der Waals surface area contributed by atoms with Crippen LogP contribution >= 0.6 is 23.6 Å². The molecule has 0 unspecified atom stereocenters. The maximum atomic E-state index is 13.1. The van der Waals surface area contributed by atoms with Crippen molar-refractivity contribution in [3.8, 4) is 11.1 Å². The zero-order valence-electron chi connectivity index (χ0n) is 18.2. The van der Waals surface area contributed by atoms with Crippen LogP contribution in [0.2, 0.25) is 0 Å². The van der Waals surface area contributed by atoms with Gasteiger partial charge in [-0.1, -0.05) is 30.3 Å². The predicted molar refractivity (Wildman–Crippen MR) is 127 cm³/mol. The van der Waals surface area contributed by atoms with Crippen LogP contribution in [0.15, 0.2) is 48.5 Å². The second-order valence-electron chi connectivity index (χ2n) is 7.20. The molecule has 0 atom stereocenters. The van der Waals surface area contributed by atoms with Gasteiger partial charge in [-0.2, -0.15) is 26.3 Å². The lowest BCUT2D eigenvalue weighted by atomic mass is 10.0. The van der Waals surface area contributed by atoms with Gasteiger partial charge in [0.05, 0.1) is 17.7 Å². The molecule has 1 aromatic heterocycles. The lowest BCUT2D eigenvalue weighted by molar-refractivity contribution is -0.143. The van der Waals surface area contributed by atoms with E-state index in [0.717, 1.165) is 21.8 Å². The van der Waals surface area contributed by atoms with Gasteiger partial charge in [0, 0.05) is 16.1 Å². The first-order valence-electron chi connectivity index (χ1n) is 10.0. The largest absolute Gasteiger partial charge is 0.462 e. The van der Waals surface area contributed by atoms with Crippen LogP contribution in [0.3, 0.4) is 0 Å². The van der Waals surface area contributed by atoms with Crippen molar-refractivity contribution in [2.24, 2.45) is 0 Å². The Labute approximate surface area is 205 Å². The summed E-state index contributed by atoms with van der Waals surface area (Å²) in [6.07, 6.45) is -10.0. The monoisotopic (exact) mass is 532 g/mol. The highest BCUT2D eigenvalue weighted by Crippen LogP contribution is 2.41. The van der Waals surface area contributed by atoms with E-state index in [1.165, 1.54) is 0 Å². The molecule has 0 radical (unpaired) electrons. The molecule has 0 spiro atoms. The smallest absolute Gasteiger partial charge is 0.416 e. The number of carbonyl (C=O) groups excluding carboxylic acids is 1. The molecule has 0 bridgehead atoms. The third-order valence-electron chi connectivity index (χ3n) is 4.70. The molecule has 0 aliphatic heterocycles. The van der Waals surface area contributed by atoms with Gasteiger partial charge < -0.3 is 15.4 Å². The summed E-state index contributed by atoms with van der Waals surface area (Å²) in [5.41, 5.74) is -2.02. The Morgan fingerprint density at radius 3 is 2.06 bits per heavy atom. The van der Waals surface area contributed by atoms with Gasteiger partial charge in [-0.15, -0.1) is 11.3 Å². The molecule has 2 N–H and O–H groups in total. The van der Waals surface area contributed by atoms with E-state index in [2.05, 4.69) is 10.6 Å². The molecule has 2 aromatic carbocycles. The van der Waals surface area contributed by atoms with Gasteiger partial charge in [-0.3, -0.25) is 0 Å². The summed E-state index contributed by atoms with van der Waals surface area (Å²) in [6, 6.07) is 10.0. The van der Waals surface area contributed by atoms with E-state index in [-0.39, 0.29) is 28.4 Å². The summed E-state index contributed by atoms with van der Waals surface area (Å²) in [5.74, 6) is -0.653. The third-order valence-corrected chi connectivity index (χ3v) is 5.92. The van der Waals surface area contributed by atoms with Crippen molar-refractivity contribution < 1.29 is 35.9 Å². The minimum atomic E-state index is -5.00. The summed E-state index contributed by atoms with van der Waals surface area (Å²) in [6.45, 7) is 3.48. The van der Waals surface area contributed by atoms with E-state index in [9.17, 15) is 31.1 Å². The van der Waals surface area contributed by atoms with Crippen LogP contribution in [0.1, 0.15) is 33.3 Å². The summed E-state index contributed by atoms with van der Waals surface area (Å²) < 4.78 is 84.1. The Balaban J connectivity index is 1.97. The number of alkyl halides is 6. The molecule has 1 heterocycles. The van der Waals surface area contributed by atoms with E-state index >= 15 is 0 Å². The number of thiocarbonyl (C=S) groups is 1. The molecular formula is C23H18F6N2O2S2. The summed E-state index contributed by atoms with van der Waals surface area (Å²) in [5, 5.41) is 5.01. The Bertz CT molecular complexity index is 1210. The molecular weight excluding hydrogens is 514 g/mol. The highest BCUT2D eigenvalue weighted by molar-refractivity contribution is 7.80. The molecule has 3 aromatic rings. The van der Waals surface area contributed by atoms with Crippen molar-refractivity contribution in [1.82, 2.24) is 0 Å². The van der Waals surface area contributed by atoms with Crippen LogP contribution in [0.25, 0.3) is 11.1 Å². The van der Waals surface area contributed by atoms with Crippen LogP contribution < -0.4 is 10.6 Å². The maximum Gasteiger partial charge on any atom is 0.416 e. The molecule has 0 saturated carbocycles. The molecule has 4 nitrogen and oxygen atoms in total. The first-order chi connectivity index (χ1) is 16.3. The number of halogens is 6. The van der Waals surface area contributed by atoms with E-state index in [1.807, 2.05) is 0 Å². The number of ether oxygens (including phenoxy) is 1. The SMILES string of the molecule is CCOC(=O)c1c(NC(=S)Nc2cc(C(F)(F)F)cc(C(F)(F)F)c2)sc(C)c1-c1ccccc1. The standard InChI is InChI=1S/C23H18F6N2O2S2/c1-3-33-20(32)18-17(13-7-5-4-6-8-13)12(2)35-19(18)31-21(34)30-16-10-14(22(24,25)26)9-15(11-16)23(27,28)29/h4-11H,3H2,1-2H3,(H2,30,31,34). The van der Waals surface area contributed by atoms with Crippen LogP contribution in [-0.4, -0.2) is 17.7 Å². The molecule has 0 aliphatic carbocycles. The summed E-state index contributed by atoms with van der Waals surface area (Å²) in [4.78, 5) is 13.5. The van der Waals surface area contributed by atoms with E-state index in [4.69, 9.17) is 17.0 Å². The van der Waals surface area contributed by atoms with Crippen molar-refractivity contribution in [3.63, 3.8) is 0 Å². The van der Waals surface area contributed by atoms with Gasteiger partial charge in [0.25, 0.3) is 0 Å². The topological polar surface area (TPSA) is 50.4 Å². The Kier molecular flexibility index (Phi) is 7.75. The van der Waals surface area contributed by atoms with Gasteiger partial charge in [0.15, 0.2) is 5.11 Å². The second-order valence-corrected chi connectivity index (χ2v) is 8.83. The molecule has 0 amide bonds. The van der Waals surface area contributed by atoms with E-state index in [0.29, 0.717) is 17.7 Å². The third kappa shape index (κ3) is 6.31. The molecule has 12 heteroatoms. The number of benzene rings is 2. The Hall–Kier alpha value is -3.12. The molecule has 35 heavy (non-hydrogen) atoms. The minimum Gasteiger partial charge on any atom is -0.462 e. The van der Waals surface area contributed by atoms with Gasteiger partial charge in [0.2, 0.25) is 0 Å². The van der Waals surface area contributed by atoms with Crippen LogP contribution in [0, 0.1) is 6.92 Å². The average Bonchev–Trinajstić information content (AvgIpc) is 3.08. The maximum absolute atomic E-state index is 13.1. The zero-order chi connectivity index (χ0) is 26.0. The normalized spacial score (nSPS) is 11.8. The zero-order valence-corrected chi connectivity index (χ0v) is 19.9. The number of esters is 1. The number of nitrogens with one attached hydrogen (secondary N) is 2. The lowest BCUT2D eigenvalue weighted by Gasteiger charge is -2.16. The number of aryl methyl sites for hydroxylation is 1. The molecule has 186 valence electrons. The molecule has 3 rings (SSSR count). The van der Waals surface area contributed by atoms with Crippen molar-refractivity contribution in [2.45, 2.75) is 26.2 Å². The number of anilines is 2. The number of carbonyl (C=O) groups is 1. The van der Waals surface area contributed by atoms with Crippen molar-refractivity contribution in [3.05, 3.63) is 70.1 Å². The predicted octanol–water partition coefficient (Wildman–Crippen LogP) is 7.75. The van der Waals surface area contributed by atoms with Crippen molar-refractivity contribution in [2.75, 3.05) is 17.2 Å². The van der Waals surface area contributed by atoms with E-state index in [1.54, 1.807) is 44.2 Å². The molecule has 0 saturated heterocycles. The first kappa shape index (κ1) is 26.5. The number of thiophene rings is 1. The van der Waals surface area contributed by atoms with Gasteiger partial charge in [-0.05, 0) is 49.8 Å². The highest BCUT2D eigenvalue weighted by atomic mass is 32.1. The lowest BCUT2D eigenvalue weighted by Crippen LogP contribution is -2.21. The Morgan fingerprint density at radius 1 is 0.971 bits per heavy atom. The first-order valence-corrected chi connectivity index (χ1v) is 11.3. The quantitative estimate of drug-likeness (QED) is 0.200. The highest BCUT2D eigenvalue weighted by Gasteiger charge is 2.37. The number of rotatable bonds is 5. The Morgan fingerprint density at radius 2 is 1.54 bits per heavy atom.